The van der Waals surface area contributed by atoms with Gasteiger partial charge in [-0.1, -0.05) is 18.2 Å². The number of aromatic nitrogens is 4. The predicted octanol–water partition coefficient (Wildman–Crippen LogP) is 2.50. The van der Waals surface area contributed by atoms with Crippen LogP contribution in [0.2, 0.25) is 0 Å². The molecule has 0 spiro atoms. The SMILES string of the molecule is Cn1cc(C(=O)C=Cc2cnn(-c3ccccc3)c2)cn1. The first-order valence-corrected chi connectivity index (χ1v) is 6.53. The second-order valence-corrected chi connectivity index (χ2v) is 4.65. The third-order valence-corrected chi connectivity index (χ3v) is 3.04. The average Bonchev–Trinajstić information content (AvgIpc) is 3.15. The average molecular weight is 278 g/mol. The van der Waals surface area contributed by atoms with Gasteiger partial charge in [0, 0.05) is 25.0 Å². The molecular formula is C16H14N4O. The highest BCUT2D eigenvalue weighted by atomic mass is 16.1. The van der Waals surface area contributed by atoms with Gasteiger partial charge < -0.3 is 0 Å². The first-order valence-electron chi connectivity index (χ1n) is 6.53. The molecule has 0 saturated heterocycles. The molecule has 2 aromatic heterocycles. The Morgan fingerprint density at radius 1 is 1.10 bits per heavy atom. The highest BCUT2D eigenvalue weighted by Crippen LogP contribution is 2.09. The maximum absolute atomic E-state index is 11.9. The van der Waals surface area contributed by atoms with Crippen LogP contribution >= 0.6 is 0 Å². The van der Waals surface area contributed by atoms with Crippen molar-refractivity contribution in [3.8, 4) is 5.69 Å². The summed E-state index contributed by atoms with van der Waals surface area (Å²) < 4.78 is 3.38. The summed E-state index contributed by atoms with van der Waals surface area (Å²) in [6.07, 6.45) is 10.1. The van der Waals surface area contributed by atoms with Crippen molar-refractivity contribution in [1.29, 1.82) is 0 Å². The van der Waals surface area contributed by atoms with E-state index in [0.717, 1.165) is 11.3 Å². The molecule has 0 saturated carbocycles. The lowest BCUT2D eigenvalue weighted by Gasteiger charge is -1.98. The van der Waals surface area contributed by atoms with E-state index in [2.05, 4.69) is 10.2 Å². The summed E-state index contributed by atoms with van der Waals surface area (Å²) >= 11 is 0. The minimum absolute atomic E-state index is 0.0736. The number of hydrogen-bond acceptors (Lipinski definition) is 3. The fourth-order valence-electron chi connectivity index (χ4n) is 1.96. The van der Waals surface area contributed by atoms with Crippen LogP contribution in [0.15, 0.2) is 61.2 Å². The zero-order valence-corrected chi connectivity index (χ0v) is 11.5. The molecule has 1 aromatic carbocycles. The quantitative estimate of drug-likeness (QED) is 0.544. The molecule has 0 N–H and O–H groups in total. The van der Waals surface area contributed by atoms with Crippen LogP contribution < -0.4 is 0 Å². The topological polar surface area (TPSA) is 52.7 Å². The summed E-state index contributed by atoms with van der Waals surface area (Å²) in [5.74, 6) is -0.0736. The summed E-state index contributed by atoms with van der Waals surface area (Å²) in [5.41, 5.74) is 2.43. The molecule has 0 aliphatic heterocycles. The lowest BCUT2D eigenvalue weighted by molar-refractivity contribution is 0.104. The molecule has 0 atom stereocenters. The van der Waals surface area contributed by atoms with Gasteiger partial charge in [-0.15, -0.1) is 0 Å². The number of rotatable bonds is 4. The van der Waals surface area contributed by atoms with Crippen LogP contribution in [0.3, 0.4) is 0 Å². The molecule has 0 bridgehead atoms. The molecule has 2 heterocycles. The molecule has 104 valence electrons. The largest absolute Gasteiger partial charge is 0.289 e. The van der Waals surface area contributed by atoms with Crippen LogP contribution in [0.4, 0.5) is 0 Å². The highest BCUT2D eigenvalue weighted by molar-refractivity contribution is 6.06. The first-order chi connectivity index (χ1) is 10.2. The summed E-state index contributed by atoms with van der Waals surface area (Å²) in [6.45, 7) is 0. The molecular weight excluding hydrogens is 264 g/mol. The second kappa shape index (κ2) is 5.58. The number of benzene rings is 1. The molecule has 0 amide bonds. The van der Waals surface area contributed by atoms with E-state index in [1.54, 1.807) is 41.1 Å². The zero-order valence-electron chi connectivity index (χ0n) is 11.5. The van der Waals surface area contributed by atoms with E-state index < -0.39 is 0 Å². The molecule has 21 heavy (non-hydrogen) atoms. The fourth-order valence-corrected chi connectivity index (χ4v) is 1.96. The van der Waals surface area contributed by atoms with E-state index in [4.69, 9.17) is 0 Å². The Kier molecular flexibility index (Phi) is 3.47. The number of nitrogens with zero attached hydrogens (tertiary/aromatic N) is 4. The number of carbonyl (C=O) groups is 1. The minimum atomic E-state index is -0.0736. The number of para-hydroxylation sites is 1. The van der Waals surface area contributed by atoms with Gasteiger partial charge in [0.2, 0.25) is 0 Å². The molecule has 0 fully saturated rings. The zero-order chi connectivity index (χ0) is 14.7. The Morgan fingerprint density at radius 3 is 2.62 bits per heavy atom. The fraction of sp³-hybridized carbons (Fsp3) is 0.0625. The van der Waals surface area contributed by atoms with Crippen molar-refractivity contribution in [2.24, 2.45) is 7.05 Å². The molecule has 5 nitrogen and oxygen atoms in total. The standard InChI is InChI=1S/C16H14N4O/c1-19-12-14(10-17-19)16(21)8-7-13-9-18-20(11-13)15-5-3-2-4-6-15/h2-12H,1H3. The van der Waals surface area contributed by atoms with Gasteiger partial charge in [-0.25, -0.2) is 4.68 Å². The van der Waals surface area contributed by atoms with Crippen molar-refractivity contribution in [1.82, 2.24) is 19.6 Å². The van der Waals surface area contributed by atoms with Gasteiger partial charge in [0.15, 0.2) is 5.78 Å². The van der Waals surface area contributed by atoms with E-state index in [9.17, 15) is 4.79 Å². The Morgan fingerprint density at radius 2 is 1.90 bits per heavy atom. The Bertz CT molecular complexity index is 783. The number of allylic oxidation sites excluding steroid dienone is 1. The monoisotopic (exact) mass is 278 g/mol. The van der Waals surface area contributed by atoms with Crippen molar-refractivity contribution in [3.63, 3.8) is 0 Å². The molecule has 0 unspecified atom stereocenters. The van der Waals surface area contributed by atoms with Crippen LogP contribution in [0, 0.1) is 0 Å². The van der Waals surface area contributed by atoms with E-state index in [0.29, 0.717) is 5.56 Å². The van der Waals surface area contributed by atoms with Crippen LogP contribution in [0.5, 0.6) is 0 Å². The Labute approximate surface area is 122 Å². The number of carbonyl (C=O) groups excluding carboxylic acids is 1. The molecule has 0 aliphatic carbocycles. The van der Waals surface area contributed by atoms with Gasteiger partial charge in [-0.3, -0.25) is 9.48 Å². The molecule has 0 radical (unpaired) electrons. The van der Waals surface area contributed by atoms with E-state index in [-0.39, 0.29) is 5.78 Å². The van der Waals surface area contributed by atoms with Crippen molar-refractivity contribution < 1.29 is 4.79 Å². The maximum atomic E-state index is 11.9. The normalized spacial score (nSPS) is 11.1. The molecule has 0 aliphatic rings. The summed E-state index contributed by atoms with van der Waals surface area (Å²) in [4.78, 5) is 11.9. The summed E-state index contributed by atoms with van der Waals surface area (Å²) in [7, 11) is 1.78. The maximum Gasteiger partial charge on any atom is 0.189 e. The number of hydrogen-bond donors (Lipinski definition) is 0. The van der Waals surface area contributed by atoms with Crippen LogP contribution in [-0.4, -0.2) is 25.3 Å². The van der Waals surface area contributed by atoms with Crippen LogP contribution in [-0.2, 0) is 7.05 Å². The highest BCUT2D eigenvalue weighted by Gasteiger charge is 2.04. The van der Waals surface area contributed by atoms with E-state index >= 15 is 0 Å². The van der Waals surface area contributed by atoms with Crippen LogP contribution in [0.25, 0.3) is 11.8 Å². The number of aryl methyl sites for hydroxylation is 1. The van der Waals surface area contributed by atoms with Crippen molar-refractivity contribution >= 4 is 11.9 Å². The molecule has 3 rings (SSSR count). The van der Waals surface area contributed by atoms with Crippen molar-refractivity contribution in [2.75, 3.05) is 0 Å². The van der Waals surface area contributed by atoms with E-state index in [1.165, 1.54) is 6.08 Å². The third kappa shape index (κ3) is 2.97. The lowest BCUT2D eigenvalue weighted by atomic mass is 10.2. The van der Waals surface area contributed by atoms with Gasteiger partial charge in [0.05, 0.1) is 23.6 Å². The van der Waals surface area contributed by atoms with Gasteiger partial charge >= 0.3 is 0 Å². The molecule has 5 heteroatoms. The van der Waals surface area contributed by atoms with Gasteiger partial charge in [0.1, 0.15) is 0 Å². The van der Waals surface area contributed by atoms with E-state index in [1.807, 2.05) is 36.5 Å². The minimum Gasteiger partial charge on any atom is -0.289 e. The Hall–Kier alpha value is -2.95. The smallest absolute Gasteiger partial charge is 0.189 e. The molecule has 3 aromatic rings. The number of ketones is 1. The summed E-state index contributed by atoms with van der Waals surface area (Å²) in [5, 5.41) is 8.26. The van der Waals surface area contributed by atoms with Gasteiger partial charge in [0.25, 0.3) is 0 Å². The van der Waals surface area contributed by atoms with Gasteiger partial charge in [-0.2, -0.15) is 10.2 Å². The second-order valence-electron chi connectivity index (χ2n) is 4.65. The third-order valence-electron chi connectivity index (χ3n) is 3.04. The van der Waals surface area contributed by atoms with Crippen LogP contribution in [0.1, 0.15) is 15.9 Å². The van der Waals surface area contributed by atoms with Crippen molar-refractivity contribution in [3.05, 3.63) is 72.3 Å². The van der Waals surface area contributed by atoms with Crippen molar-refractivity contribution in [2.45, 2.75) is 0 Å². The Balaban J connectivity index is 1.75. The first kappa shape index (κ1) is 13.1. The predicted molar refractivity (Wildman–Crippen MR) is 80.1 cm³/mol. The van der Waals surface area contributed by atoms with Gasteiger partial charge in [-0.05, 0) is 24.3 Å². The summed E-state index contributed by atoms with van der Waals surface area (Å²) in [6, 6.07) is 9.82. The lowest BCUT2D eigenvalue weighted by Crippen LogP contribution is -1.92.